The first-order chi connectivity index (χ1) is 13.8. The SMILES string of the molecule is COc1ccc(S(=O)(=O)CCOC(=O)n2cc(CC(=O)O)c3ccccc32)cc1. The number of carboxylic acid groups (broad SMARTS) is 1. The predicted molar refractivity (Wildman–Crippen MR) is 105 cm³/mol. The smallest absolute Gasteiger partial charge is 0.418 e. The Labute approximate surface area is 167 Å². The second kappa shape index (κ2) is 8.36. The van der Waals surface area contributed by atoms with Gasteiger partial charge in [-0.25, -0.2) is 13.2 Å². The number of carboxylic acids is 1. The Morgan fingerprint density at radius 1 is 1.07 bits per heavy atom. The van der Waals surface area contributed by atoms with Crippen LogP contribution in [-0.4, -0.2) is 49.6 Å². The number of carbonyl (C=O) groups excluding carboxylic acids is 1. The molecule has 9 heteroatoms. The Balaban J connectivity index is 1.71. The Hall–Kier alpha value is -3.33. The first-order valence-electron chi connectivity index (χ1n) is 8.66. The zero-order valence-corrected chi connectivity index (χ0v) is 16.4. The number of rotatable bonds is 7. The summed E-state index contributed by atoms with van der Waals surface area (Å²) in [7, 11) is -2.15. The van der Waals surface area contributed by atoms with Crippen LogP contribution in [0.15, 0.2) is 59.6 Å². The molecule has 1 N–H and O–H groups in total. The fourth-order valence-electron chi connectivity index (χ4n) is 2.91. The molecule has 0 saturated carbocycles. The van der Waals surface area contributed by atoms with E-state index < -0.39 is 21.9 Å². The molecule has 2 aromatic carbocycles. The molecule has 152 valence electrons. The number of aliphatic carboxylic acids is 1. The van der Waals surface area contributed by atoms with E-state index in [0.29, 0.717) is 22.2 Å². The molecule has 0 fully saturated rings. The van der Waals surface area contributed by atoms with Crippen molar-refractivity contribution in [2.45, 2.75) is 11.3 Å². The number of carbonyl (C=O) groups is 2. The van der Waals surface area contributed by atoms with Gasteiger partial charge in [0.2, 0.25) is 0 Å². The maximum atomic E-state index is 12.4. The fraction of sp³-hybridized carbons (Fsp3) is 0.200. The minimum absolute atomic E-state index is 0.101. The lowest BCUT2D eigenvalue weighted by Crippen LogP contribution is -2.19. The monoisotopic (exact) mass is 417 g/mol. The topological polar surface area (TPSA) is 112 Å². The molecule has 0 aliphatic rings. The normalized spacial score (nSPS) is 11.3. The molecule has 0 amide bonds. The maximum Gasteiger partial charge on any atom is 0.418 e. The number of nitrogens with zero attached hydrogens (tertiary/aromatic N) is 1. The van der Waals surface area contributed by atoms with Gasteiger partial charge in [0.05, 0.1) is 29.7 Å². The number of hydrogen-bond acceptors (Lipinski definition) is 6. The van der Waals surface area contributed by atoms with Crippen LogP contribution in [-0.2, 0) is 25.8 Å². The van der Waals surface area contributed by atoms with Gasteiger partial charge in [0, 0.05) is 11.6 Å². The van der Waals surface area contributed by atoms with Gasteiger partial charge in [-0.05, 0) is 35.9 Å². The van der Waals surface area contributed by atoms with Crippen molar-refractivity contribution in [2.75, 3.05) is 19.5 Å². The summed E-state index contributed by atoms with van der Waals surface area (Å²) < 4.78 is 36.1. The van der Waals surface area contributed by atoms with E-state index in [0.717, 1.165) is 0 Å². The van der Waals surface area contributed by atoms with Crippen molar-refractivity contribution >= 4 is 32.8 Å². The van der Waals surface area contributed by atoms with Crippen LogP contribution in [0.1, 0.15) is 5.56 Å². The second-order valence-corrected chi connectivity index (χ2v) is 8.33. The predicted octanol–water partition coefficient (Wildman–Crippen LogP) is 2.74. The van der Waals surface area contributed by atoms with E-state index in [-0.39, 0.29) is 23.7 Å². The molecular weight excluding hydrogens is 398 g/mol. The van der Waals surface area contributed by atoms with Crippen molar-refractivity contribution < 1.29 is 32.6 Å². The molecule has 0 aliphatic carbocycles. The van der Waals surface area contributed by atoms with Gasteiger partial charge >= 0.3 is 12.1 Å². The largest absolute Gasteiger partial charge is 0.497 e. The Morgan fingerprint density at radius 2 is 1.76 bits per heavy atom. The average molecular weight is 417 g/mol. The van der Waals surface area contributed by atoms with Crippen LogP contribution in [0.5, 0.6) is 5.75 Å². The van der Waals surface area contributed by atoms with Crippen molar-refractivity contribution in [3.8, 4) is 5.75 Å². The highest BCUT2D eigenvalue weighted by Gasteiger charge is 2.19. The lowest BCUT2D eigenvalue weighted by Gasteiger charge is -2.08. The Bertz CT molecular complexity index is 1150. The summed E-state index contributed by atoms with van der Waals surface area (Å²) in [5.41, 5.74) is 0.961. The quantitative estimate of drug-likeness (QED) is 0.629. The van der Waals surface area contributed by atoms with E-state index in [1.807, 2.05) is 0 Å². The van der Waals surface area contributed by atoms with Crippen molar-refractivity contribution in [1.82, 2.24) is 4.57 Å². The molecular formula is C20H19NO7S. The van der Waals surface area contributed by atoms with E-state index in [1.54, 1.807) is 24.3 Å². The summed E-state index contributed by atoms with van der Waals surface area (Å²) in [6.07, 6.45) is 0.383. The Kier molecular flexibility index (Phi) is 5.88. The summed E-state index contributed by atoms with van der Waals surface area (Å²) in [4.78, 5) is 23.6. The summed E-state index contributed by atoms with van der Waals surface area (Å²) >= 11 is 0. The molecule has 3 aromatic rings. The van der Waals surface area contributed by atoms with Crippen LogP contribution in [0.4, 0.5) is 4.79 Å². The highest BCUT2D eigenvalue weighted by molar-refractivity contribution is 7.91. The van der Waals surface area contributed by atoms with Gasteiger partial charge in [0.1, 0.15) is 12.4 Å². The molecule has 8 nitrogen and oxygen atoms in total. The van der Waals surface area contributed by atoms with Gasteiger partial charge in [-0.1, -0.05) is 18.2 Å². The molecule has 0 aliphatic heterocycles. The molecule has 0 spiro atoms. The molecule has 0 unspecified atom stereocenters. The number of hydrogen-bond donors (Lipinski definition) is 1. The summed E-state index contributed by atoms with van der Waals surface area (Å²) in [5, 5.41) is 9.67. The zero-order valence-electron chi connectivity index (χ0n) is 15.6. The Morgan fingerprint density at radius 3 is 2.41 bits per heavy atom. The lowest BCUT2D eigenvalue weighted by molar-refractivity contribution is -0.136. The molecule has 0 saturated heterocycles. The molecule has 29 heavy (non-hydrogen) atoms. The average Bonchev–Trinajstić information content (AvgIpc) is 3.06. The van der Waals surface area contributed by atoms with Crippen molar-refractivity contribution in [3.63, 3.8) is 0 Å². The molecule has 0 atom stereocenters. The lowest BCUT2D eigenvalue weighted by atomic mass is 10.1. The number of sulfone groups is 1. The first-order valence-corrected chi connectivity index (χ1v) is 10.3. The van der Waals surface area contributed by atoms with Gasteiger partial charge in [0.15, 0.2) is 9.84 Å². The van der Waals surface area contributed by atoms with Gasteiger partial charge in [0.25, 0.3) is 0 Å². The minimum atomic E-state index is -3.64. The number of aromatic nitrogens is 1. The third kappa shape index (κ3) is 4.57. The summed E-state index contributed by atoms with van der Waals surface area (Å²) in [5.74, 6) is -0.870. The molecule has 0 bridgehead atoms. The second-order valence-electron chi connectivity index (χ2n) is 6.22. The van der Waals surface area contributed by atoms with E-state index >= 15 is 0 Å². The number of benzene rings is 2. The van der Waals surface area contributed by atoms with Gasteiger partial charge in [-0.3, -0.25) is 9.36 Å². The van der Waals surface area contributed by atoms with Crippen LogP contribution in [0.25, 0.3) is 10.9 Å². The highest BCUT2D eigenvalue weighted by Crippen LogP contribution is 2.22. The molecule has 3 rings (SSSR count). The van der Waals surface area contributed by atoms with E-state index in [9.17, 15) is 18.0 Å². The standard InChI is InChI=1S/C20H19NO7S/c1-27-15-6-8-16(9-7-15)29(25,26)11-10-28-20(24)21-13-14(12-19(22)23)17-4-2-3-5-18(17)21/h2-9,13H,10-12H2,1H3,(H,22,23). The van der Waals surface area contributed by atoms with Crippen LogP contribution in [0.3, 0.4) is 0 Å². The number of methoxy groups -OCH3 is 1. The van der Waals surface area contributed by atoms with E-state index in [2.05, 4.69) is 0 Å². The third-order valence-corrected chi connectivity index (χ3v) is 6.02. The van der Waals surface area contributed by atoms with Gasteiger partial charge in [-0.15, -0.1) is 0 Å². The van der Waals surface area contributed by atoms with E-state index in [1.165, 1.54) is 42.1 Å². The van der Waals surface area contributed by atoms with Crippen molar-refractivity contribution in [1.29, 1.82) is 0 Å². The van der Waals surface area contributed by atoms with Crippen LogP contribution < -0.4 is 4.74 Å². The molecule has 0 radical (unpaired) electrons. The van der Waals surface area contributed by atoms with Gasteiger partial charge in [-0.2, -0.15) is 0 Å². The van der Waals surface area contributed by atoms with Crippen LogP contribution in [0, 0.1) is 0 Å². The van der Waals surface area contributed by atoms with Crippen LogP contribution in [0.2, 0.25) is 0 Å². The van der Waals surface area contributed by atoms with Crippen molar-refractivity contribution in [2.24, 2.45) is 0 Å². The molecule has 1 heterocycles. The number of fused-ring (bicyclic) bond motifs is 1. The minimum Gasteiger partial charge on any atom is -0.497 e. The highest BCUT2D eigenvalue weighted by atomic mass is 32.2. The summed E-state index contributed by atoms with van der Waals surface area (Å²) in [6, 6.07) is 12.8. The summed E-state index contributed by atoms with van der Waals surface area (Å²) in [6.45, 7) is -0.339. The zero-order chi connectivity index (χ0) is 21.0. The molecule has 1 aromatic heterocycles. The third-order valence-electron chi connectivity index (χ3n) is 4.33. The van der Waals surface area contributed by atoms with E-state index in [4.69, 9.17) is 14.6 Å². The van der Waals surface area contributed by atoms with Gasteiger partial charge < -0.3 is 14.6 Å². The van der Waals surface area contributed by atoms with Crippen LogP contribution >= 0.6 is 0 Å². The fourth-order valence-corrected chi connectivity index (χ4v) is 4.00. The first kappa shape index (κ1) is 20.4. The van der Waals surface area contributed by atoms with Crippen molar-refractivity contribution in [3.05, 3.63) is 60.3 Å². The maximum absolute atomic E-state index is 12.4. The number of ether oxygens (including phenoxy) is 2. The number of para-hydroxylation sites is 1.